The maximum absolute atomic E-state index is 5.80. The van der Waals surface area contributed by atoms with Gasteiger partial charge in [-0.15, -0.1) is 11.6 Å². The fraction of sp³-hybridized carbons (Fsp3) is 0.300. The molecule has 0 aliphatic heterocycles. The molecular weight excluding hydrogens is 200 g/mol. The second-order valence-electron chi connectivity index (χ2n) is 3.22. The minimum absolute atomic E-state index is 0.147. The highest BCUT2D eigenvalue weighted by molar-refractivity contribution is 6.18. The Morgan fingerprint density at radius 3 is 3.07 bits per heavy atom. The number of rotatable bonds is 2. The van der Waals surface area contributed by atoms with Crippen molar-refractivity contribution in [3.8, 4) is 0 Å². The van der Waals surface area contributed by atoms with E-state index in [4.69, 9.17) is 21.8 Å². The predicted molar refractivity (Wildman–Crippen MR) is 56.4 cm³/mol. The molecule has 0 aliphatic rings. The standard InChI is InChI=1S/C10H11ClN2O/c1-6-13-9-3-2-7(8(12)5-11)4-10(9)14-6/h2-4,8H,5,12H2,1H3. The van der Waals surface area contributed by atoms with Crippen molar-refractivity contribution in [1.29, 1.82) is 0 Å². The van der Waals surface area contributed by atoms with Gasteiger partial charge >= 0.3 is 0 Å². The molecule has 1 aromatic carbocycles. The number of hydrogen-bond acceptors (Lipinski definition) is 3. The van der Waals surface area contributed by atoms with Crippen LogP contribution in [0.4, 0.5) is 0 Å². The highest BCUT2D eigenvalue weighted by Crippen LogP contribution is 2.20. The van der Waals surface area contributed by atoms with Crippen molar-refractivity contribution in [2.75, 3.05) is 5.88 Å². The van der Waals surface area contributed by atoms with Gasteiger partial charge in [0.2, 0.25) is 0 Å². The minimum Gasteiger partial charge on any atom is -0.441 e. The number of fused-ring (bicyclic) bond motifs is 1. The van der Waals surface area contributed by atoms with Crippen molar-refractivity contribution in [3.63, 3.8) is 0 Å². The predicted octanol–water partition coefficient (Wildman–Crippen LogP) is 2.37. The summed E-state index contributed by atoms with van der Waals surface area (Å²) in [5, 5.41) is 0. The average Bonchev–Trinajstić information content (AvgIpc) is 2.55. The van der Waals surface area contributed by atoms with Gasteiger partial charge in [0.15, 0.2) is 11.5 Å². The van der Waals surface area contributed by atoms with E-state index in [0.29, 0.717) is 11.8 Å². The zero-order valence-electron chi connectivity index (χ0n) is 7.83. The highest BCUT2D eigenvalue weighted by atomic mass is 35.5. The van der Waals surface area contributed by atoms with Crippen LogP contribution in [0.15, 0.2) is 22.6 Å². The second-order valence-corrected chi connectivity index (χ2v) is 3.53. The van der Waals surface area contributed by atoms with Gasteiger partial charge in [-0.2, -0.15) is 0 Å². The molecule has 0 radical (unpaired) electrons. The number of aromatic nitrogens is 1. The van der Waals surface area contributed by atoms with Gasteiger partial charge in [0.05, 0.1) is 0 Å². The fourth-order valence-electron chi connectivity index (χ4n) is 1.38. The molecule has 1 aromatic heterocycles. The lowest BCUT2D eigenvalue weighted by atomic mass is 10.1. The van der Waals surface area contributed by atoms with E-state index < -0.39 is 0 Å². The lowest BCUT2D eigenvalue weighted by Crippen LogP contribution is -2.11. The molecule has 2 aromatic rings. The van der Waals surface area contributed by atoms with Crippen molar-refractivity contribution in [3.05, 3.63) is 29.7 Å². The molecular formula is C10H11ClN2O. The van der Waals surface area contributed by atoms with E-state index in [1.807, 2.05) is 25.1 Å². The SMILES string of the molecule is Cc1nc2ccc(C(N)CCl)cc2o1. The van der Waals surface area contributed by atoms with Crippen LogP contribution in [-0.2, 0) is 0 Å². The van der Waals surface area contributed by atoms with Crippen LogP contribution in [0.2, 0.25) is 0 Å². The first-order valence-electron chi connectivity index (χ1n) is 4.39. The van der Waals surface area contributed by atoms with Crippen molar-refractivity contribution in [1.82, 2.24) is 4.98 Å². The second kappa shape index (κ2) is 3.59. The Labute approximate surface area is 86.9 Å². The van der Waals surface area contributed by atoms with Gasteiger partial charge in [0.1, 0.15) is 5.52 Å². The Balaban J connectivity index is 2.50. The number of halogens is 1. The molecule has 1 heterocycles. The van der Waals surface area contributed by atoms with Crippen LogP contribution in [0, 0.1) is 6.92 Å². The van der Waals surface area contributed by atoms with Gasteiger partial charge in [-0.3, -0.25) is 0 Å². The quantitative estimate of drug-likeness (QED) is 0.775. The fourth-order valence-corrected chi connectivity index (χ4v) is 1.55. The third-order valence-electron chi connectivity index (χ3n) is 2.11. The third kappa shape index (κ3) is 1.61. The summed E-state index contributed by atoms with van der Waals surface area (Å²) in [5.41, 5.74) is 8.39. The summed E-state index contributed by atoms with van der Waals surface area (Å²) >= 11 is 5.67. The third-order valence-corrected chi connectivity index (χ3v) is 2.45. The summed E-state index contributed by atoms with van der Waals surface area (Å²) in [6.45, 7) is 1.82. The number of hydrogen-bond donors (Lipinski definition) is 1. The summed E-state index contributed by atoms with van der Waals surface area (Å²) in [4.78, 5) is 4.20. The molecule has 74 valence electrons. The van der Waals surface area contributed by atoms with Gasteiger partial charge in [-0.25, -0.2) is 4.98 Å². The van der Waals surface area contributed by atoms with Crippen LogP contribution in [0.1, 0.15) is 17.5 Å². The molecule has 0 aliphatic carbocycles. The van der Waals surface area contributed by atoms with E-state index >= 15 is 0 Å². The number of nitrogens with zero attached hydrogens (tertiary/aromatic N) is 1. The molecule has 0 spiro atoms. The van der Waals surface area contributed by atoms with Gasteiger partial charge < -0.3 is 10.2 Å². The van der Waals surface area contributed by atoms with E-state index in [2.05, 4.69) is 4.98 Å². The van der Waals surface area contributed by atoms with E-state index in [9.17, 15) is 0 Å². The average molecular weight is 211 g/mol. The van der Waals surface area contributed by atoms with Crippen molar-refractivity contribution >= 4 is 22.7 Å². The molecule has 1 atom stereocenters. The van der Waals surface area contributed by atoms with Crippen molar-refractivity contribution in [2.45, 2.75) is 13.0 Å². The Hall–Kier alpha value is -1.06. The normalized spacial score (nSPS) is 13.4. The molecule has 0 saturated heterocycles. The number of benzene rings is 1. The summed E-state index contributed by atoms with van der Waals surface area (Å²) in [6, 6.07) is 5.57. The Kier molecular flexibility index (Phi) is 2.44. The monoisotopic (exact) mass is 210 g/mol. The summed E-state index contributed by atoms with van der Waals surface area (Å²) < 4.78 is 5.39. The molecule has 2 rings (SSSR count). The molecule has 0 fully saturated rings. The van der Waals surface area contributed by atoms with Gasteiger partial charge in [0.25, 0.3) is 0 Å². The van der Waals surface area contributed by atoms with Gasteiger partial charge in [-0.05, 0) is 17.7 Å². The van der Waals surface area contributed by atoms with E-state index in [1.165, 1.54) is 0 Å². The van der Waals surface area contributed by atoms with Crippen LogP contribution in [0.3, 0.4) is 0 Å². The summed E-state index contributed by atoms with van der Waals surface area (Å²) in [7, 11) is 0. The van der Waals surface area contributed by atoms with Crippen LogP contribution < -0.4 is 5.73 Å². The first kappa shape index (κ1) is 9.49. The molecule has 3 nitrogen and oxygen atoms in total. The van der Waals surface area contributed by atoms with Crippen molar-refractivity contribution in [2.24, 2.45) is 5.73 Å². The molecule has 0 bridgehead atoms. The largest absolute Gasteiger partial charge is 0.441 e. The first-order valence-corrected chi connectivity index (χ1v) is 4.93. The highest BCUT2D eigenvalue weighted by Gasteiger charge is 2.07. The topological polar surface area (TPSA) is 52.0 Å². The molecule has 1 unspecified atom stereocenters. The number of alkyl halides is 1. The Morgan fingerprint density at radius 2 is 2.36 bits per heavy atom. The first-order chi connectivity index (χ1) is 6.70. The molecule has 14 heavy (non-hydrogen) atoms. The molecule has 0 amide bonds. The van der Waals surface area contributed by atoms with Crippen LogP contribution in [0.25, 0.3) is 11.1 Å². The smallest absolute Gasteiger partial charge is 0.192 e. The number of nitrogens with two attached hydrogens (primary N) is 1. The summed E-state index contributed by atoms with van der Waals surface area (Å²) in [5.74, 6) is 1.06. The van der Waals surface area contributed by atoms with Crippen LogP contribution >= 0.6 is 11.6 Å². The van der Waals surface area contributed by atoms with E-state index in [0.717, 1.165) is 16.7 Å². The van der Waals surface area contributed by atoms with Crippen LogP contribution in [0.5, 0.6) is 0 Å². The Morgan fingerprint density at radius 1 is 1.57 bits per heavy atom. The zero-order valence-corrected chi connectivity index (χ0v) is 8.58. The number of oxazole rings is 1. The lowest BCUT2D eigenvalue weighted by Gasteiger charge is -2.06. The summed E-state index contributed by atoms with van der Waals surface area (Å²) in [6.07, 6.45) is 0. The molecule has 2 N–H and O–H groups in total. The maximum atomic E-state index is 5.80. The molecule has 0 saturated carbocycles. The minimum atomic E-state index is -0.147. The molecule has 4 heteroatoms. The lowest BCUT2D eigenvalue weighted by molar-refractivity contribution is 0.560. The zero-order chi connectivity index (χ0) is 10.1. The van der Waals surface area contributed by atoms with E-state index in [1.54, 1.807) is 0 Å². The van der Waals surface area contributed by atoms with Crippen molar-refractivity contribution < 1.29 is 4.42 Å². The van der Waals surface area contributed by atoms with E-state index in [-0.39, 0.29) is 6.04 Å². The number of aryl methyl sites for hydroxylation is 1. The maximum Gasteiger partial charge on any atom is 0.192 e. The van der Waals surface area contributed by atoms with Crippen LogP contribution in [-0.4, -0.2) is 10.9 Å². The van der Waals surface area contributed by atoms with Gasteiger partial charge in [-0.1, -0.05) is 6.07 Å². The van der Waals surface area contributed by atoms with Gasteiger partial charge in [0, 0.05) is 18.8 Å². The Bertz CT molecular complexity index is 452.